The Morgan fingerprint density at radius 1 is 0.700 bits per heavy atom. The molecule has 276 valence electrons. The van der Waals surface area contributed by atoms with Crippen LogP contribution in [0, 0.1) is 20.2 Å². The zero-order valence-electron chi connectivity index (χ0n) is 29.1. The summed E-state index contributed by atoms with van der Waals surface area (Å²) < 4.78 is 40.0. The summed E-state index contributed by atoms with van der Waals surface area (Å²) in [4.78, 5) is 53.9. The van der Waals surface area contributed by atoms with Gasteiger partial charge in [0.05, 0.1) is 22.9 Å². The van der Waals surface area contributed by atoms with Crippen LogP contribution in [0.4, 0.5) is 25.8 Å². The maximum Gasteiger partial charge on any atom is 0.519 e. The predicted octanol–water partition coefficient (Wildman–Crippen LogP) is 5.74. The lowest BCUT2D eigenvalue weighted by Crippen LogP contribution is -2.39. The van der Waals surface area contributed by atoms with E-state index in [4.69, 9.17) is 38.9 Å². The predicted molar refractivity (Wildman–Crippen MR) is 173 cm³/mol. The van der Waals surface area contributed by atoms with Gasteiger partial charge in [0.1, 0.15) is 16.8 Å². The van der Waals surface area contributed by atoms with Gasteiger partial charge in [-0.05, 0) is 74.4 Å². The van der Waals surface area contributed by atoms with Gasteiger partial charge in [0, 0.05) is 12.1 Å². The van der Waals surface area contributed by atoms with Crippen LogP contribution < -0.4 is 30.0 Å². The van der Waals surface area contributed by atoms with Crippen molar-refractivity contribution in [2.75, 3.05) is 13.1 Å². The molecule has 0 saturated carbocycles. The summed E-state index contributed by atoms with van der Waals surface area (Å²) in [6.45, 7) is 15.4. The quantitative estimate of drug-likeness (QED) is 0.123. The molecule has 2 aromatic carbocycles. The lowest BCUT2D eigenvalue weighted by molar-refractivity contribution is -0.385. The van der Waals surface area contributed by atoms with Crippen molar-refractivity contribution in [3.8, 4) is 23.0 Å². The number of carbonyl (C=O) groups is 3. The molecule has 0 aromatic heterocycles. The normalized spacial score (nSPS) is 15.6. The monoisotopic (exact) mass is 710 g/mol. The number of nitro benzene ring substituents is 2. The molecular weight excluding hydrogens is 668 g/mol. The molecule has 0 saturated heterocycles. The number of amides is 1. The number of ether oxygens (including phenoxy) is 8. The molecule has 2 aromatic rings. The Morgan fingerprint density at radius 2 is 1.10 bits per heavy atom. The van der Waals surface area contributed by atoms with E-state index in [9.17, 15) is 34.6 Å². The number of hydrogen-bond donors (Lipinski definition) is 2. The Labute approximate surface area is 287 Å². The van der Waals surface area contributed by atoms with E-state index in [1.165, 1.54) is 18.2 Å². The highest BCUT2D eigenvalue weighted by molar-refractivity contribution is 5.77. The number of rotatable bonds is 5. The van der Waals surface area contributed by atoms with Gasteiger partial charge in [0.25, 0.3) is 12.6 Å². The van der Waals surface area contributed by atoms with Crippen molar-refractivity contribution >= 4 is 29.8 Å². The van der Waals surface area contributed by atoms with Crippen molar-refractivity contribution in [1.82, 2.24) is 5.32 Å². The summed E-state index contributed by atoms with van der Waals surface area (Å²) in [5.74, 6) is 0.876. The Hall–Kier alpha value is -5.59. The molecule has 2 aliphatic rings. The van der Waals surface area contributed by atoms with Gasteiger partial charge < -0.3 is 48.9 Å². The van der Waals surface area contributed by atoms with Crippen LogP contribution in [-0.4, -0.2) is 70.7 Å². The number of alkyl carbamates (subject to hydrolysis) is 1. The van der Waals surface area contributed by atoms with E-state index in [-0.39, 0.29) is 41.7 Å². The second kappa shape index (κ2) is 16.7. The summed E-state index contributed by atoms with van der Waals surface area (Å²) in [5.41, 5.74) is 3.05. The topological polar surface area (TPSA) is 249 Å². The van der Waals surface area contributed by atoms with Crippen LogP contribution in [0.1, 0.15) is 62.3 Å². The van der Waals surface area contributed by atoms with Crippen LogP contribution in [0.3, 0.4) is 0 Å². The Kier molecular flexibility index (Phi) is 13.5. The molecule has 2 aliphatic heterocycles. The zero-order chi connectivity index (χ0) is 38.0. The number of para-hydroxylation sites is 2. The van der Waals surface area contributed by atoms with Gasteiger partial charge >= 0.3 is 29.8 Å². The number of fused-ring (bicyclic) bond motifs is 2. The van der Waals surface area contributed by atoms with Crippen LogP contribution in [0.15, 0.2) is 36.4 Å². The molecule has 50 heavy (non-hydrogen) atoms. The third-order valence-electron chi connectivity index (χ3n) is 5.28. The van der Waals surface area contributed by atoms with E-state index in [0.29, 0.717) is 5.75 Å². The lowest BCUT2D eigenvalue weighted by atomic mass is 10.2. The van der Waals surface area contributed by atoms with Crippen LogP contribution in [0.25, 0.3) is 0 Å². The molecule has 4 rings (SSSR count). The smallest absolute Gasteiger partial charge is 0.449 e. The molecule has 0 radical (unpaired) electrons. The first-order valence-electron chi connectivity index (χ1n) is 15.0. The largest absolute Gasteiger partial charge is 0.519 e. The lowest BCUT2D eigenvalue weighted by Gasteiger charge is -2.20. The minimum Gasteiger partial charge on any atom is -0.449 e. The van der Waals surface area contributed by atoms with Crippen LogP contribution in [0.5, 0.6) is 23.0 Å². The Bertz CT molecular complexity index is 1520. The third-order valence-corrected chi connectivity index (χ3v) is 5.28. The number of nitrogens with zero attached hydrogens (tertiary/aromatic N) is 2. The molecule has 2 atom stereocenters. The summed E-state index contributed by atoms with van der Waals surface area (Å²) >= 11 is 0. The van der Waals surface area contributed by atoms with Gasteiger partial charge in [-0.1, -0.05) is 12.1 Å². The first-order chi connectivity index (χ1) is 23.0. The standard InChI is InChI=1S/C13H16N2O6.C10H18O5.C8H8N2O4/c1-13(2,3)21-12(16)14-7-10-19-9-6-4-5-8(15(17)18)11(9)20-10;1-9(2,3)14-7(11)13-8(12)15-10(4,5)6;9-4-7-13-6-3-1-2-5(10(11)12)8(6)14-7/h4-6,10H,7H2,1-3H3,(H,14,16);1-6H3;1-3,7H,4,9H2. The summed E-state index contributed by atoms with van der Waals surface area (Å²) in [7, 11) is 0. The van der Waals surface area contributed by atoms with Gasteiger partial charge in [0.2, 0.25) is 11.5 Å². The maximum atomic E-state index is 11.5. The van der Waals surface area contributed by atoms with Crippen molar-refractivity contribution in [3.63, 3.8) is 0 Å². The summed E-state index contributed by atoms with van der Waals surface area (Å²) in [6, 6.07) is 8.91. The second-order valence-corrected chi connectivity index (χ2v) is 13.2. The zero-order valence-corrected chi connectivity index (χ0v) is 29.1. The number of nitrogens with two attached hydrogens (primary N) is 1. The van der Waals surface area contributed by atoms with Gasteiger partial charge in [-0.3, -0.25) is 20.2 Å². The second-order valence-electron chi connectivity index (χ2n) is 13.2. The molecule has 3 N–H and O–H groups in total. The molecule has 0 bridgehead atoms. The first-order valence-corrected chi connectivity index (χ1v) is 15.0. The van der Waals surface area contributed by atoms with E-state index in [1.807, 2.05) is 0 Å². The molecule has 19 nitrogen and oxygen atoms in total. The molecule has 0 spiro atoms. The minimum absolute atomic E-state index is 0.0146. The number of carbonyl (C=O) groups excluding carboxylic acids is 3. The molecular formula is C31H42N4O15. The fraction of sp³-hybridized carbons (Fsp3) is 0.516. The molecule has 0 aliphatic carbocycles. The number of benzene rings is 2. The van der Waals surface area contributed by atoms with Gasteiger partial charge in [-0.2, -0.15) is 0 Å². The summed E-state index contributed by atoms with van der Waals surface area (Å²) in [5, 5.41) is 23.9. The Morgan fingerprint density at radius 3 is 1.48 bits per heavy atom. The average molecular weight is 711 g/mol. The highest BCUT2D eigenvalue weighted by atomic mass is 16.8. The van der Waals surface area contributed by atoms with Crippen molar-refractivity contribution < 1.29 is 62.1 Å². The van der Waals surface area contributed by atoms with Crippen molar-refractivity contribution in [2.45, 2.75) is 91.7 Å². The minimum atomic E-state index is -1.06. The number of hydrogen-bond acceptors (Lipinski definition) is 16. The van der Waals surface area contributed by atoms with Crippen LogP contribution >= 0.6 is 0 Å². The van der Waals surface area contributed by atoms with Gasteiger partial charge in [-0.15, -0.1) is 0 Å². The van der Waals surface area contributed by atoms with E-state index in [0.717, 1.165) is 0 Å². The fourth-order valence-electron chi connectivity index (χ4n) is 3.58. The fourth-order valence-corrected chi connectivity index (χ4v) is 3.58. The molecule has 2 unspecified atom stereocenters. The third kappa shape index (κ3) is 13.9. The maximum absolute atomic E-state index is 11.5. The van der Waals surface area contributed by atoms with Crippen molar-refractivity contribution in [3.05, 3.63) is 56.6 Å². The van der Waals surface area contributed by atoms with Crippen molar-refractivity contribution in [1.29, 1.82) is 0 Å². The van der Waals surface area contributed by atoms with E-state index in [2.05, 4.69) is 10.1 Å². The molecule has 0 fully saturated rings. The van der Waals surface area contributed by atoms with E-state index >= 15 is 0 Å². The average Bonchev–Trinajstić information content (AvgIpc) is 3.57. The number of nitrogens with one attached hydrogen (secondary N) is 1. The van der Waals surface area contributed by atoms with E-state index < -0.39 is 57.6 Å². The number of nitro groups is 2. The van der Waals surface area contributed by atoms with Crippen LogP contribution in [-0.2, 0) is 18.9 Å². The summed E-state index contributed by atoms with van der Waals surface area (Å²) in [6.07, 6.45) is -4.17. The van der Waals surface area contributed by atoms with Gasteiger partial charge in [-0.25, -0.2) is 14.4 Å². The highest BCUT2D eigenvalue weighted by Gasteiger charge is 2.33. The molecule has 19 heteroatoms. The van der Waals surface area contributed by atoms with Crippen molar-refractivity contribution in [2.24, 2.45) is 5.73 Å². The SMILES string of the molecule is CC(C)(C)OC(=O)NCC1Oc2cccc([N+](=O)[O-])c2O1.CC(C)(C)OC(=O)OC(=O)OC(C)(C)C.NCC1Oc2cccc([N+](=O)[O-])c2O1. The first kappa shape index (κ1) is 40.6. The Balaban J connectivity index is 0.000000268. The molecule has 2 heterocycles. The van der Waals surface area contributed by atoms with Crippen LogP contribution in [0.2, 0.25) is 0 Å². The highest BCUT2D eigenvalue weighted by Crippen LogP contribution is 2.42. The van der Waals surface area contributed by atoms with Gasteiger partial charge in [0.15, 0.2) is 11.5 Å². The molecule has 1 amide bonds. The van der Waals surface area contributed by atoms with E-state index in [1.54, 1.807) is 80.5 Å².